The number of amides is 2. The van der Waals surface area contributed by atoms with Crippen molar-refractivity contribution in [3.63, 3.8) is 0 Å². The Balaban J connectivity index is 2.96. The topological polar surface area (TPSA) is 75.4 Å². The van der Waals surface area contributed by atoms with E-state index in [4.69, 9.17) is 5.73 Å². The van der Waals surface area contributed by atoms with Crippen molar-refractivity contribution in [1.82, 2.24) is 10.2 Å². The zero-order valence-corrected chi connectivity index (χ0v) is 10.9. The number of nitrogens with zero attached hydrogens (tertiary/aromatic N) is 1. The number of benzene rings is 1. The van der Waals surface area contributed by atoms with Crippen LogP contribution in [0.4, 0.5) is 0 Å². The molecule has 0 saturated carbocycles. The minimum atomic E-state index is -0.209. The molecule has 0 bridgehead atoms. The van der Waals surface area contributed by atoms with Crippen molar-refractivity contribution in [3.8, 4) is 0 Å². The van der Waals surface area contributed by atoms with E-state index in [0.717, 1.165) is 0 Å². The first-order chi connectivity index (χ1) is 8.51. The van der Waals surface area contributed by atoms with Gasteiger partial charge in [-0.3, -0.25) is 9.59 Å². The third-order valence-electron chi connectivity index (χ3n) is 2.92. The summed E-state index contributed by atoms with van der Waals surface area (Å²) in [5.41, 5.74) is 6.49. The quantitative estimate of drug-likeness (QED) is 0.814. The number of rotatable bonds is 4. The van der Waals surface area contributed by atoms with Gasteiger partial charge in [-0.15, -0.1) is 0 Å². The van der Waals surface area contributed by atoms with E-state index in [1.54, 1.807) is 43.3 Å². The van der Waals surface area contributed by atoms with Crippen LogP contribution in [-0.2, 0) is 0 Å². The summed E-state index contributed by atoms with van der Waals surface area (Å²) >= 11 is 0. The average molecular weight is 249 g/mol. The van der Waals surface area contributed by atoms with Crippen LogP contribution in [0.2, 0.25) is 0 Å². The number of carbonyl (C=O) groups is 2. The molecule has 0 aromatic heterocycles. The first kappa shape index (κ1) is 14.2. The van der Waals surface area contributed by atoms with Gasteiger partial charge < -0.3 is 16.0 Å². The molecule has 0 aliphatic heterocycles. The highest BCUT2D eigenvalue weighted by Gasteiger charge is 2.17. The summed E-state index contributed by atoms with van der Waals surface area (Å²) in [4.78, 5) is 25.2. The fourth-order valence-corrected chi connectivity index (χ4v) is 1.50. The van der Waals surface area contributed by atoms with E-state index in [1.807, 2.05) is 6.92 Å². The van der Waals surface area contributed by atoms with E-state index in [9.17, 15) is 9.59 Å². The van der Waals surface area contributed by atoms with Gasteiger partial charge >= 0.3 is 0 Å². The van der Waals surface area contributed by atoms with Gasteiger partial charge in [0.05, 0.1) is 0 Å². The Morgan fingerprint density at radius 3 is 2.56 bits per heavy atom. The van der Waals surface area contributed by atoms with Gasteiger partial charge in [-0.1, -0.05) is 6.07 Å². The Labute approximate surface area is 107 Å². The maximum absolute atomic E-state index is 12.1. The zero-order chi connectivity index (χ0) is 13.7. The van der Waals surface area contributed by atoms with E-state index < -0.39 is 0 Å². The summed E-state index contributed by atoms with van der Waals surface area (Å²) < 4.78 is 0. The molecule has 1 atom stereocenters. The fraction of sp³-hybridized carbons (Fsp3) is 0.385. The Kier molecular flexibility index (Phi) is 4.85. The number of nitrogens with one attached hydrogen (secondary N) is 1. The largest absolute Gasteiger partial charge is 0.355 e. The number of hydrogen-bond donors (Lipinski definition) is 2. The molecule has 5 nitrogen and oxygen atoms in total. The van der Waals surface area contributed by atoms with Crippen LogP contribution < -0.4 is 11.1 Å². The molecule has 2 amide bonds. The van der Waals surface area contributed by atoms with Crippen LogP contribution in [0.15, 0.2) is 24.3 Å². The van der Waals surface area contributed by atoms with E-state index in [2.05, 4.69) is 5.32 Å². The van der Waals surface area contributed by atoms with Crippen molar-refractivity contribution in [2.24, 2.45) is 5.73 Å². The molecule has 0 fully saturated rings. The van der Waals surface area contributed by atoms with Crippen molar-refractivity contribution >= 4 is 11.8 Å². The molecule has 3 N–H and O–H groups in total. The van der Waals surface area contributed by atoms with Crippen LogP contribution in [0.3, 0.4) is 0 Å². The molecule has 1 aromatic carbocycles. The van der Waals surface area contributed by atoms with Gasteiger partial charge in [0.2, 0.25) is 0 Å². The molecule has 0 spiro atoms. The van der Waals surface area contributed by atoms with Crippen LogP contribution in [0.5, 0.6) is 0 Å². The first-order valence-electron chi connectivity index (χ1n) is 5.80. The van der Waals surface area contributed by atoms with Crippen LogP contribution in [-0.4, -0.2) is 43.4 Å². The number of likely N-dealkylation sites (N-methyl/N-ethyl adjacent to an activating group) is 1. The summed E-state index contributed by atoms with van der Waals surface area (Å²) in [5, 5.41) is 2.53. The second-order valence-corrected chi connectivity index (χ2v) is 4.16. The Morgan fingerprint density at radius 2 is 2.00 bits per heavy atom. The summed E-state index contributed by atoms with van der Waals surface area (Å²) in [5.74, 6) is -0.349. The lowest BCUT2D eigenvalue weighted by Crippen LogP contribution is -2.39. The van der Waals surface area contributed by atoms with Gasteiger partial charge in [0.15, 0.2) is 0 Å². The minimum absolute atomic E-state index is 0.0406. The van der Waals surface area contributed by atoms with Gasteiger partial charge in [0.1, 0.15) is 0 Å². The summed E-state index contributed by atoms with van der Waals surface area (Å²) in [7, 11) is 3.26. The average Bonchev–Trinajstić information content (AvgIpc) is 2.43. The van der Waals surface area contributed by atoms with Gasteiger partial charge in [-0.05, 0) is 25.1 Å². The standard InChI is InChI=1S/C13H19N3O2/c1-9(8-14)16(3)13(18)11-6-4-5-10(7-11)12(17)15-2/h4-7,9H,8,14H2,1-3H3,(H,15,17). The summed E-state index contributed by atoms with van der Waals surface area (Å²) in [6.07, 6.45) is 0. The molecule has 1 aromatic rings. The molecule has 1 rings (SSSR count). The van der Waals surface area contributed by atoms with Crippen molar-refractivity contribution in [3.05, 3.63) is 35.4 Å². The second kappa shape index (κ2) is 6.16. The van der Waals surface area contributed by atoms with Gasteiger partial charge in [-0.25, -0.2) is 0 Å². The normalized spacial score (nSPS) is 11.8. The highest BCUT2D eigenvalue weighted by molar-refractivity contribution is 5.99. The lowest BCUT2D eigenvalue weighted by molar-refractivity contribution is 0.0748. The van der Waals surface area contributed by atoms with E-state index in [-0.39, 0.29) is 17.9 Å². The Bertz CT molecular complexity index is 446. The summed E-state index contributed by atoms with van der Waals surface area (Å²) in [6.45, 7) is 2.28. The first-order valence-corrected chi connectivity index (χ1v) is 5.80. The Hall–Kier alpha value is -1.88. The SMILES string of the molecule is CNC(=O)c1cccc(C(=O)N(C)C(C)CN)c1. The maximum Gasteiger partial charge on any atom is 0.253 e. The number of hydrogen-bond acceptors (Lipinski definition) is 3. The van der Waals surface area contributed by atoms with Gasteiger partial charge in [-0.2, -0.15) is 0 Å². The van der Waals surface area contributed by atoms with Gasteiger partial charge in [0, 0.05) is 37.8 Å². The lowest BCUT2D eigenvalue weighted by atomic mass is 10.1. The lowest BCUT2D eigenvalue weighted by Gasteiger charge is -2.23. The molecule has 5 heteroatoms. The molecule has 0 radical (unpaired) electrons. The smallest absolute Gasteiger partial charge is 0.253 e. The number of carbonyl (C=O) groups excluding carboxylic acids is 2. The molecule has 0 aliphatic carbocycles. The van der Waals surface area contributed by atoms with Crippen LogP contribution in [0.1, 0.15) is 27.6 Å². The molecule has 1 unspecified atom stereocenters. The van der Waals surface area contributed by atoms with E-state index >= 15 is 0 Å². The molecule has 98 valence electrons. The monoisotopic (exact) mass is 249 g/mol. The molecule has 18 heavy (non-hydrogen) atoms. The van der Waals surface area contributed by atoms with Crippen LogP contribution >= 0.6 is 0 Å². The van der Waals surface area contributed by atoms with Gasteiger partial charge in [0.25, 0.3) is 11.8 Å². The van der Waals surface area contributed by atoms with Crippen LogP contribution in [0.25, 0.3) is 0 Å². The highest BCUT2D eigenvalue weighted by Crippen LogP contribution is 2.09. The van der Waals surface area contributed by atoms with Crippen molar-refractivity contribution in [1.29, 1.82) is 0 Å². The highest BCUT2D eigenvalue weighted by atomic mass is 16.2. The third-order valence-corrected chi connectivity index (χ3v) is 2.92. The van der Waals surface area contributed by atoms with Crippen molar-refractivity contribution in [2.75, 3.05) is 20.6 Å². The zero-order valence-electron chi connectivity index (χ0n) is 10.9. The van der Waals surface area contributed by atoms with E-state index in [0.29, 0.717) is 17.7 Å². The predicted molar refractivity (Wildman–Crippen MR) is 70.4 cm³/mol. The fourth-order valence-electron chi connectivity index (χ4n) is 1.50. The molecular weight excluding hydrogens is 230 g/mol. The third kappa shape index (κ3) is 3.07. The Morgan fingerprint density at radius 1 is 1.39 bits per heavy atom. The van der Waals surface area contributed by atoms with E-state index in [1.165, 1.54) is 0 Å². The molecule has 0 aliphatic rings. The predicted octanol–water partition coefficient (Wildman–Crippen LogP) is 0.465. The van der Waals surface area contributed by atoms with Crippen molar-refractivity contribution in [2.45, 2.75) is 13.0 Å². The second-order valence-electron chi connectivity index (χ2n) is 4.16. The maximum atomic E-state index is 12.1. The van der Waals surface area contributed by atoms with Crippen molar-refractivity contribution < 1.29 is 9.59 Å². The molecule has 0 saturated heterocycles. The van der Waals surface area contributed by atoms with Crippen LogP contribution in [0, 0.1) is 0 Å². The minimum Gasteiger partial charge on any atom is -0.355 e. The number of nitrogens with two attached hydrogens (primary N) is 1. The summed E-state index contributed by atoms with van der Waals surface area (Å²) in [6, 6.07) is 6.59. The molecular formula is C13H19N3O2. The molecule has 0 heterocycles.